The van der Waals surface area contributed by atoms with Crippen LogP contribution < -0.4 is 5.32 Å². The minimum atomic E-state index is -0.546. The van der Waals surface area contributed by atoms with Crippen LogP contribution in [0.2, 0.25) is 0 Å². The fraction of sp³-hybridized carbons (Fsp3) is 0.250. The number of amides is 1. The zero-order valence-corrected chi connectivity index (χ0v) is 13.7. The molecule has 1 N–H and O–H groups in total. The predicted octanol–water partition coefficient (Wildman–Crippen LogP) is 3.22. The highest BCUT2D eigenvalue weighted by Gasteiger charge is 2.20. The Labute approximate surface area is 138 Å². The van der Waals surface area contributed by atoms with E-state index in [4.69, 9.17) is 0 Å². The van der Waals surface area contributed by atoms with Crippen LogP contribution >= 0.6 is 11.8 Å². The van der Waals surface area contributed by atoms with Crippen molar-refractivity contribution in [3.63, 3.8) is 0 Å². The number of thioether (sulfide) groups is 1. The van der Waals surface area contributed by atoms with Crippen LogP contribution in [0.1, 0.15) is 24.0 Å². The van der Waals surface area contributed by atoms with Gasteiger partial charge in [-0.1, -0.05) is 23.9 Å². The van der Waals surface area contributed by atoms with Crippen LogP contribution in [0.4, 0.5) is 10.1 Å². The van der Waals surface area contributed by atoms with E-state index in [0.29, 0.717) is 22.1 Å². The average molecular weight is 330 g/mol. The topological polar surface area (TPSA) is 78.7 Å². The molecule has 2 rings (SSSR count). The average Bonchev–Trinajstić information content (AvgIpc) is 2.49. The van der Waals surface area contributed by atoms with E-state index in [-0.39, 0.29) is 11.6 Å². The smallest absolute Gasteiger partial charge is 0.237 e. The molecule has 1 heterocycles. The second-order valence-corrected chi connectivity index (χ2v) is 6.21. The largest absolute Gasteiger partial charge is 0.323 e. The van der Waals surface area contributed by atoms with Gasteiger partial charge in [-0.25, -0.2) is 14.4 Å². The molecular weight excluding hydrogens is 315 g/mol. The van der Waals surface area contributed by atoms with Crippen LogP contribution in [0.25, 0.3) is 0 Å². The van der Waals surface area contributed by atoms with Gasteiger partial charge in [-0.3, -0.25) is 4.79 Å². The standard InChI is InChI=1S/C16H15FN4OS/c1-9-12(8-18)16(20-11(3)19-9)23-10(2)15(22)21-14-7-5-4-6-13(14)17/h4-7,10H,1-3H3,(H,21,22)/t10-/m0/s1. The Balaban J connectivity index is 2.16. The summed E-state index contributed by atoms with van der Waals surface area (Å²) in [6.45, 7) is 5.12. The molecule has 0 saturated heterocycles. The summed E-state index contributed by atoms with van der Waals surface area (Å²) in [5.41, 5.74) is 1.05. The number of hydrogen-bond acceptors (Lipinski definition) is 5. The normalized spacial score (nSPS) is 11.6. The van der Waals surface area contributed by atoms with Gasteiger partial charge in [0.2, 0.25) is 5.91 Å². The quantitative estimate of drug-likeness (QED) is 0.688. The summed E-state index contributed by atoms with van der Waals surface area (Å²) >= 11 is 1.15. The number of nitrogens with zero attached hydrogens (tertiary/aromatic N) is 3. The molecule has 0 saturated carbocycles. The summed E-state index contributed by atoms with van der Waals surface area (Å²) in [4.78, 5) is 20.6. The molecule has 1 aromatic carbocycles. The Bertz CT molecular complexity index is 788. The van der Waals surface area contributed by atoms with Crippen molar-refractivity contribution < 1.29 is 9.18 Å². The van der Waals surface area contributed by atoms with Gasteiger partial charge in [0, 0.05) is 0 Å². The number of carbonyl (C=O) groups excluding carboxylic acids is 1. The molecule has 7 heteroatoms. The first kappa shape index (κ1) is 16.9. The Hall–Kier alpha value is -2.46. The lowest BCUT2D eigenvalue weighted by atomic mass is 10.3. The second kappa shape index (κ2) is 7.20. The number of hydrogen-bond donors (Lipinski definition) is 1. The molecule has 0 bridgehead atoms. The van der Waals surface area contributed by atoms with Crippen LogP contribution in [-0.2, 0) is 4.79 Å². The third-order valence-corrected chi connectivity index (χ3v) is 4.16. The van der Waals surface area contributed by atoms with E-state index >= 15 is 0 Å². The molecule has 0 aliphatic heterocycles. The third kappa shape index (κ3) is 4.05. The molecule has 1 aromatic heterocycles. The van der Waals surface area contributed by atoms with Crippen molar-refractivity contribution in [2.45, 2.75) is 31.0 Å². The first-order chi connectivity index (χ1) is 10.9. The van der Waals surface area contributed by atoms with Gasteiger partial charge >= 0.3 is 0 Å². The summed E-state index contributed by atoms with van der Waals surface area (Å²) in [7, 11) is 0. The number of anilines is 1. The Morgan fingerprint density at radius 1 is 1.35 bits per heavy atom. The lowest BCUT2D eigenvalue weighted by molar-refractivity contribution is -0.115. The lowest BCUT2D eigenvalue weighted by Gasteiger charge is -2.13. The number of nitriles is 1. The van der Waals surface area contributed by atoms with E-state index < -0.39 is 11.1 Å². The van der Waals surface area contributed by atoms with Crippen LogP contribution in [0.5, 0.6) is 0 Å². The Morgan fingerprint density at radius 2 is 2.04 bits per heavy atom. The highest BCUT2D eigenvalue weighted by atomic mass is 32.2. The first-order valence-corrected chi connectivity index (χ1v) is 7.77. The number of para-hydroxylation sites is 1. The minimum absolute atomic E-state index is 0.125. The molecule has 118 valence electrons. The number of halogens is 1. The van der Waals surface area contributed by atoms with E-state index in [1.165, 1.54) is 12.1 Å². The zero-order chi connectivity index (χ0) is 17.0. The van der Waals surface area contributed by atoms with Crippen molar-refractivity contribution in [3.8, 4) is 6.07 Å². The highest BCUT2D eigenvalue weighted by Crippen LogP contribution is 2.27. The fourth-order valence-corrected chi connectivity index (χ4v) is 2.91. The maximum absolute atomic E-state index is 13.6. The number of carbonyl (C=O) groups is 1. The Kier molecular flexibility index (Phi) is 5.29. The number of nitrogens with one attached hydrogen (secondary N) is 1. The summed E-state index contributed by atoms with van der Waals surface area (Å²) in [5, 5.41) is 11.7. The molecule has 1 atom stereocenters. The highest BCUT2D eigenvalue weighted by molar-refractivity contribution is 8.00. The number of aromatic nitrogens is 2. The maximum Gasteiger partial charge on any atom is 0.237 e. The predicted molar refractivity (Wildman–Crippen MR) is 86.6 cm³/mol. The zero-order valence-electron chi connectivity index (χ0n) is 12.9. The van der Waals surface area contributed by atoms with Crippen molar-refractivity contribution in [1.82, 2.24) is 9.97 Å². The van der Waals surface area contributed by atoms with E-state index in [0.717, 1.165) is 11.8 Å². The molecule has 5 nitrogen and oxygen atoms in total. The van der Waals surface area contributed by atoms with Crippen LogP contribution in [-0.4, -0.2) is 21.1 Å². The van der Waals surface area contributed by atoms with Crippen LogP contribution in [0, 0.1) is 31.0 Å². The van der Waals surface area contributed by atoms with Crippen molar-refractivity contribution in [3.05, 3.63) is 47.2 Å². The van der Waals surface area contributed by atoms with Crippen LogP contribution in [0.15, 0.2) is 29.3 Å². The monoisotopic (exact) mass is 330 g/mol. The lowest BCUT2D eigenvalue weighted by Crippen LogP contribution is -2.23. The molecule has 0 spiro atoms. The first-order valence-electron chi connectivity index (χ1n) is 6.89. The Morgan fingerprint density at radius 3 is 2.70 bits per heavy atom. The molecule has 23 heavy (non-hydrogen) atoms. The second-order valence-electron chi connectivity index (χ2n) is 4.88. The van der Waals surface area contributed by atoms with Gasteiger partial charge in [0.25, 0.3) is 0 Å². The summed E-state index contributed by atoms with van der Waals surface area (Å²) < 4.78 is 13.6. The molecule has 0 radical (unpaired) electrons. The molecule has 0 aliphatic carbocycles. The van der Waals surface area contributed by atoms with Gasteiger partial charge < -0.3 is 5.32 Å². The van der Waals surface area contributed by atoms with Gasteiger partial charge in [0.15, 0.2) is 0 Å². The molecule has 1 amide bonds. The van der Waals surface area contributed by atoms with E-state index in [9.17, 15) is 14.4 Å². The number of benzene rings is 1. The SMILES string of the molecule is Cc1nc(C)c(C#N)c(S[C@@H](C)C(=O)Nc2ccccc2F)n1. The van der Waals surface area contributed by atoms with Gasteiger partial charge in [-0.05, 0) is 32.9 Å². The molecule has 0 aliphatic rings. The van der Waals surface area contributed by atoms with Crippen molar-refractivity contribution in [2.75, 3.05) is 5.32 Å². The van der Waals surface area contributed by atoms with E-state index in [1.807, 2.05) is 0 Å². The molecule has 2 aromatic rings. The van der Waals surface area contributed by atoms with Crippen LogP contribution in [0.3, 0.4) is 0 Å². The van der Waals surface area contributed by atoms with Gasteiger partial charge in [-0.15, -0.1) is 0 Å². The molecular formula is C16H15FN4OS. The molecule has 0 unspecified atom stereocenters. The summed E-state index contributed by atoms with van der Waals surface area (Å²) in [6.07, 6.45) is 0. The van der Waals surface area contributed by atoms with Gasteiger partial charge in [0.05, 0.1) is 16.6 Å². The summed E-state index contributed by atoms with van der Waals surface area (Å²) in [6, 6.07) is 8.01. The minimum Gasteiger partial charge on any atom is -0.323 e. The number of rotatable bonds is 4. The third-order valence-electron chi connectivity index (χ3n) is 3.07. The van der Waals surface area contributed by atoms with Crippen molar-refractivity contribution in [2.24, 2.45) is 0 Å². The summed E-state index contributed by atoms with van der Waals surface area (Å²) in [5.74, 6) is -0.326. The van der Waals surface area contributed by atoms with Gasteiger partial charge in [0.1, 0.15) is 28.3 Å². The van der Waals surface area contributed by atoms with Gasteiger partial charge in [-0.2, -0.15) is 5.26 Å². The van der Waals surface area contributed by atoms with Crippen molar-refractivity contribution in [1.29, 1.82) is 5.26 Å². The maximum atomic E-state index is 13.6. The van der Waals surface area contributed by atoms with Crippen molar-refractivity contribution >= 4 is 23.4 Å². The number of aryl methyl sites for hydroxylation is 2. The fourth-order valence-electron chi connectivity index (χ4n) is 1.91. The molecule has 0 fully saturated rings. The van der Waals surface area contributed by atoms with E-state index in [1.54, 1.807) is 32.9 Å². The van der Waals surface area contributed by atoms with E-state index in [2.05, 4.69) is 21.4 Å².